The highest BCUT2D eigenvalue weighted by Crippen LogP contribution is 2.26. The Hall–Kier alpha value is -1.43. The fraction of sp³-hybridized carbons (Fsp3) is 0.467. The number of aliphatic hydroxyl groups is 1. The molecule has 0 bridgehead atoms. The van der Waals surface area contributed by atoms with E-state index in [1.807, 2.05) is 25.1 Å². The quantitative estimate of drug-likeness (QED) is 0.944. The van der Waals surface area contributed by atoms with Crippen LogP contribution in [-0.4, -0.2) is 38.8 Å². The molecule has 2 aromatic rings. The van der Waals surface area contributed by atoms with Gasteiger partial charge in [-0.1, -0.05) is 28.9 Å². The van der Waals surface area contributed by atoms with Crippen molar-refractivity contribution in [3.63, 3.8) is 0 Å². The van der Waals surface area contributed by atoms with E-state index in [-0.39, 0.29) is 0 Å². The molecule has 1 aliphatic rings. The van der Waals surface area contributed by atoms with Crippen molar-refractivity contribution in [2.24, 2.45) is 0 Å². The summed E-state index contributed by atoms with van der Waals surface area (Å²) in [5.74, 6) is 1.04. The van der Waals surface area contributed by atoms with Crippen LogP contribution in [0.2, 0.25) is 5.02 Å². The van der Waals surface area contributed by atoms with Crippen molar-refractivity contribution in [1.29, 1.82) is 0 Å². The first-order valence-corrected chi connectivity index (χ1v) is 7.43. The number of likely N-dealkylation sites (tertiary alicyclic amines) is 1. The molecular weight excluding hydrogens is 290 g/mol. The summed E-state index contributed by atoms with van der Waals surface area (Å²) in [4.78, 5) is 6.54. The summed E-state index contributed by atoms with van der Waals surface area (Å²) in [6.07, 6.45) is 1.81. The van der Waals surface area contributed by atoms with E-state index in [0.29, 0.717) is 29.8 Å². The minimum atomic E-state index is -0.631. The van der Waals surface area contributed by atoms with E-state index < -0.39 is 5.60 Å². The minimum absolute atomic E-state index is 0.430. The third-order valence-electron chi connectivity index (χ3n) is 3.69. The molecule has 0 spiro atoms. The first-order chi connectivity index (χ1) is 10.0. The van der Waals surface area contributed by atoms with Crippen LogP contribution in [0.25, 0.3) is 11.5 Å². The summed E-state index contributed by atoms with van der Waals surface area (Å²) >= 11 is 6.13. The first-order valence-electron chi connectivity index (χ1n) is 7.06. The van der Waals surface area contributed by atoms with Gasteiger partial charge in [0.25, 0.3) is 5.89 Å². The van der Waals surface area contributed by atoms with Crippen molar-refractivity contribution in [3.8, 4) is 11.5 Å². The summed E-state index contributed by atoms with van der Waals surface area (Å²) in [5, 5.41) is 14.7. The largest absolute Gasteiger partial charge is 0.389 e. The molecule has 21 heavy (non-hydrogen) atoms. The van der Waals surface area contributed by atoms with Crippen LogP contribution in [0.3, 0.4) is 0 Å². The zero-order valence-electron chi connectivity index (χ0n) is 11.9. The summed E-state index contributed by atoms with van der Waals surface area (Å²) in [7, 11) is 0. The molecule has 1 aliphatic heterocycles. The number of aromatic nitrogens is 2. The predicted octanol–water partition coefficient (Wildman–Crippen LogP) is 2.74. The van der Waals surface area contributed by atoms with Crippen LogP contribution in [0.15, 0.2) is 28.8 Å². The van der Waals surface area contributed by atoms with Crippen molar-refractivity contribution in [1.82, 2.24) is 15.0 Å². The van der Waals surface area contributed by atoms with Crippen LogP contribution < -0.4 is 0 Å². The summed E-state index contributed by atoms with van der Waals surface area (Å²) in [5.41, 5.74) is 0.108. The normalized spacial score (nSPS) is 23.4. The Balaban J connectivity index is 1.72. The van der Waals surface area contributed by atoms with Gasteiger partial charge in [-0.3, -0.25) is 4.90 Å². The van der Waals surface area contributed by atoms with E-state index in [1.165, 1.54) is 0 Å². The second kappa shape index (κ2) is 5.75. The molecule has 1 aromatic carbocycles. The molecule has 112 valence electrons. The van der Waals surface area contributed by atoms with Gasteiger partial charge >= 0.3 is 0 Å². The fourth-order valence-corrected chi connectivity index (χ4v) is 2.94. The van der Waals surface area contributed by atoms with Crippen molar-refractivity contribution in [3.05, 3.63) is 35.1 Å². The van der Waals surface area contributed by atoms with Crippen molar-refractivity contribution < 1.29 is 9.63 Å². The van der Waals surface area contributed by atoms with Crippen LogP contribution >= 0.6 is 11.6 Å². The van der Waals surface area contributed by atoms with Gasteiger partial charge in [0.15, 0.2) is 5.82 Å². The highest BCUT2D eigenvalue weighted by atomic mass is 35.5. The average Bonchev–Trinajstić information content (AvgIpc) is 2.86. The van der Waals surface area contributed by atoms with Gasteiger partial charge in [0.1, 0.15) is 0 Å². The third kappa shape index (κ3) is 3.43. The third-order valence-corrected chi connectivity index (χ3v) is 4.02. The Morgan fingerprint density at radius 3 is 3.00 bits per heavy atom. The Kier molecular flexibility index (Phi) is 3.97. The molecule has 2 heterocycles. The van der Waals surface area contributed by atoms with Crippen LogP contribution in [0.1, 0.15) is 25.6 Å². The maximum Gasteiger partial charge on any atom is 0.259 e. The number of nitrogens with zero attached hydrogens (tertiary/aromatic N) is 3. The highest BCUT2D eigenvalue weighted by molar-refractivity contribution is 6.33. The maximum atomic E-state index is 10.1. The molecule has 5 nitrogen and oxygen atoms in total. The van der Waals surface area contributed by atoms with Crippen molar-refractivity contribution in [2.45, 2.75) is 31.9 Å². The summed E-state index contributed by atoms with van der Waals surface area (Å²) < 4.78 is 5.29. The molecule has 1 aromatic heterocycles. The lowest BCUT2D eigenvalue weighted by Crippen LogP contribution is -2.45. The second-order valence-electron chi connectivity index (χ2n) is 5.81. The van der Waals surface area contributed by atoms with Crippen LogP contribution in [0, 0.1) is 0 Å². The summed E-state index contributed by atoms with van der Waals surface area (Å²) in [6, 6.07) is 7.39. The fourth-order valence-electron chi connectivity index (χ4n) is 2.72. The lowest BCUT2D eigenvalue weighted by Gasteiger charge is -2.36. The van der Waals surface area contributed by atoms with E-state index in [4.69, 9.17) is 16.1 Å². The highest BCUT2D eigenvalue weighted by Gasteiger charge is 2.29. The molecule has 1 saturated heterocycles. The Bertz CT molecular complexity index is 627. The zero-order chi connectivity index (χ0) is 14.9. The van der Waals surface area contributed by atoms with Gasteiger partial charge in [-0.2, -0.15) is 4.98 Å². The molecule has 3 rings (SSSR count). The van der Waals surface area contributed by atoms with Gasteiger partial charge in [-0.25, -0.2) is 0 Å². The van der Waals surface area contributed by atoms with Crippen LogP contribution in [0.4, 0.5) is 0 Å². The number of hydrogen-bond donors (Lipinski definition) is 1. The van der Waals surface area contributed by atoms with Crippen molar-refractivity contribution >= 4 is 11.6 Å². The molecule has 0 aliphatic carbocycles. The van der Waals surface area contributed by atoms with E-state index >= 15 is 0 Å². The second-order valence-corrected chi connectivity index (χ2v) is 6.21. The van der Waals surface area contributed by atoms with E-state index in [9.17, 15) is 5.11 Å². The molecule has 1 N–H and O–H groups in total. The van der Waals surface area contributed by atoms with Gasteiger partial charge in [-0.15, -0.1) is 0 Å². The number of piperidine rings is 1. The number of β-amino-alcohol motifs (C(OH)–C–C–N with tert-alkyl or cyclic N) is 1. The van der Waals surface area contributed by atoms with Gasteiger partial charge < -0.3 is 9.63 Å². The van der Waals surface area contributed by atoms with Gasteiger partial charge in [0.05, 0.1) is 22.7 Å². The Labute approximate surface area is 128 Å². The topological polar surface area (TPSA) is 62.4 Å². The van der Waals surface area contributed by atoms with Gasteiger partial charge in [0, 0.05) is 6.54 Å². The molecule has 1 fully saturated rings. The molecular formula is C15H18ClN3O2. The number of benzene rings is 1. The number of hydrogen-bond acceptors (Lipinski definition) is 5. The molecule has 0 amide bonds. The summed E-state index contributed by atoms with van der Waals surface area (Å²) in [6.45, 7) is 4.00. The first kappa shape index (κ1) is 14.5. The van der Waals surface area contributed by atoms with E-state index in [1.54, 1.807) is 6.07 Å². The molecule has 1 atom stereocenters. The lowest BCUT2D eigenvalue weighted by molar-refractivity contribution is -0.0190. The molecule has 1 unspecified atom stereocenters. The van der Waals surface area contributed by atoms with Gasteiger partial charge in [-0.05, 0) is 38.4 Å². The molecule has 0 saturated carbocycles. The maximum absolute atomic E-state index is 10.1. The number of halogens is 1. The Morgan fingerprint density at radius 1 is 1.43 bits per heavy atom. The van der Waals surface area contributed by atoms with E-state index in [0.717, 1.165) is 24.9 Å². The Morgan fingerprint density at radius 2 is 2.24 bits per heavy atom. The SMILES string of the molecule is CC1(O)CCCN(Cc2noc(-c3ccccc3Cl)n2)C1. The number of rotatable bonds is 3. The smallest absolute Gasteiger partial charge is 0.259 e. The molecule has 6 heteroatoms. The zero-order valence-corrected chi connectivity index (χ0v) is 12.7. The van der Waals surface area contributed by atoms with E-state index in [2.05, 4.69) is 15.0 Å². The predicted molar refractivity (Wildman–Crippen MR) is 79.9 cm³/mol. The standard InChI is InChI=1S/C15H18ClN3O2/c1-15(20)7-4-8-19(10-15)9-13-17-14(21-18-13)11-5-2-3-6-12(11)16/h2-3,5-6,20H,4,7-10H2,1H3. The van der Waals surface area contributed by atoms with Gasteiger partial charge in [0.2, 0.25) is 0 Å². The lowest BCUT2D eigenvalue weighted by atomic mass is 9.95. The van der Waals surface area contributed by atoms with Crippen LogP contribution in [0.5, 0.6) is 0 Å². The minimum Gasteiger partial charge on any atom is -0.389 e. The van der Waals surface area contributed by atoms with Crippen LogP contribution in [-0.2, 0) is 6.54 Å². The monoisotopic (exact) mass is 307 g/mol. The average molecular weight is 308 g/mol. The van der Waals surface area contributed by atoms with Crippen molar-refractivity contribution in [2.75, 3.05) is 13.1 Å². The molecule has 0 radical (unpaired) electrons.